The number of hydrogen-bond donors (Lipinski definition) is 1. The van der Waals surface area contributed by atoms with E-state index < -0.39 is 0 Å². The fourth-order valence-corrected chi connectivity index (χ4v) is 3.83. The maximum Gasteiger partial charge on any atom is 0.277 e. The van der Waals surface area contributed by atoms with E-state index in [1.54, 1.807) is 19.1 Å². The fraction of sp³-hybridized carbons (Fsp3) is 0.240. The van der Waals surface area contributed by atoms with Crippen molar-refractivity contribution in [3.63, 3.8) is 0 Å². The summed E-state index contributed by atoms with van der Waals surface area (Å²) in [5.41, 5.74) is 5.46. The Morgan fingerprint density at radius 1 is 1.06 bits per heavy atom. The first-order valence-electron chi connectivity index (χ1n) is 10.5. The van der Waals surface area contributed by atoms with Gasteiger partial charge in [0.15, 0.2) is 0 Å². The molecule has 0 aliphatic carbocycles. The molecule has 0 saturated heterocycles. The molecule has 7 heteroatoms. The van der Waals surface area contributed by atoms with Gasteiger partial charge in [-0.15, -0.1) is 0 Å². The van der Waals surface area contributed by atoms with Gasteiger partial charge in [0.1, 0.15) is 11.5 Å². The standard InChI is InChI=1S/C25H25FN4O2/c1-15-7-5-6-8-19(15)22-14-24-29(4)17(3)20(25(32)30(24)28-22)11-12-23(31)27-18-10-9-16(2)21(26)13-18/h5-10,13-14H,11-12H2,1-4H3,(H,27,31). The second-order valence-electron chi connectivity index (χ2n) is 8.05. The van der Waals surface area contributed by atoms with Crippen LogP contribution in [0, 0.1) is 26.6 Å². The lowest BCUT2D eigenvalue weighted by atomic mass is 10.1. The number of carbonyl (C=O) groups excluding carboxylic acids is 1. The van der Waals surface area contributed by atoms with Crippen molar-refractivity contribution in [2.75, 3.05) is 5.32 Å². The molecule has 6 nitrogen and oxygen atoms in total. The summed E-state index contributed by atoms with van der Waals surface area (Å²) in [6.45, 7) is 5.53. The zero-order chi connectivity index (χ0) is 23.0. The molecule has 164 valence electrons. The quantitative estimate of drug-likeness (QED) is 0.510. The van der Waals surface area contributed by atoms with Gasteiger partial charge in [0.05, 0.1) is 5.69 Å². The smallest absolute Gasteiger partial charge is 0.277 e. The number of halogens is 1. The molecular formula is C25H25FN4O2. The number of fused-ring (bicyclic) bond motifs is 1. The molecule has 0 aliphatic rings. The van der Waals surface area contributed by atoms with Gasteiger partial charge in [0.2, 0.25) is 5.91 Å². The van der Waals surface area contributed by atoms with Crippen LogP contribution >= 0.6 is 0 Å². The monoisotopic (exact) mass is 432 g/mol. The Hall–Kier alpha value is -3.74. The van der Waals surface area contributed by atoms with Gasteiger partial charge in [-0.2, -0.15) is 9.61 Å². The van der Waals surface area contributed by atoms with E-state index in [1.807, 2.05) is 55.8 Å². The first-order valence-corrected chi connectivity index (χ1v) is 10.5. The van der Waals surface area contributed by atoms with Crippen molar-refractivity contribution in [1.82, 2.24) is 14.2 Å². The number of benzene rings is 2. The average molecular weight is 432 g/mol. The topological polar surface area (TPSA) is 68.4 Å². The second-order valence-corrected chi connectivity index (χ2v) is 8.05. The Morgan fingerprint density at radius 2 is 1.81 bits per heavy atom. The summed E-state index contributed by atoms with van der Waals surface area (Å²) in [7, 11) is 1.88. The van der Waals surface area contributed by atoms with Crippen LogP contribution in [0.4, 0.5) is 10.1 Å². The second kappa shape index (κ2) is 8.42. The highest BCUT2D eigenvalue weighted by atomic mass is 19.1. The van der Waals surface area contributed by atoms with Crippen LogP contribution in [-0.4, -0.2) is 20.1 Å². The molecule has 0 bridgehead atoms. The molecule has 0 aliphatic heterocycles. The molecule has 2 aromatic heterocycles. The lowest BCUT2D eigenvalue weighted by molar-refractivity contribution is -0.116. The summed E-state index contributed by atoms with van der Waals surface area (Å²) >= 11 is 0. The fourth-order valence-electron chi connectivity index (χ4n) is 3.83. The van der Waals surface area contributed by atoms with E-state index in [9.17, 15) is 14.0 Å². The van der Waals surface area contributed by atoms with Gasteiger partial charge < -0.3 is 9.88 Å². The van der Waals surface area contributed by atoms with Crippen LogP contribution in [0.25, 0.3) is 16.9 Å². The van der Waals surface area contributed by atoms with E-state index in [0.29, 0.717) is 22.5 Å². The van der Waals surface area contributed by atoms with Gasteiger partial charge in [0, 0.05) is 42.0 Å². The third-order valence-corrected chi connectivity index (χ3v) is 5.90. The van der Waals surface area contributed by atoms with Crippen LogP contribution < -0.4 is 10.9 Å². The van der Waals surface area contributed by atoms with Crippen molar-refractivity contribution in [2.24, 2.45) is 7.05 Å². The number of carbonyl (C=O) groups is 1. The average Bonchev–Trinajstić information content (AvgIpc) is 3.21. The molecule has 0 spiro atoms. The maximum absolute atomic E-state index is 13.7. The minimum atomic E-state index is -0.374. The van der Waals surface area contributed by atoms with Crippen LogP contribution in [0.5, 0.6) is 0 Å². The van der Waals surface area contributed by atoms with Gasteiger partial charge in [-0.3, -0.25) is 9.59 Å². The molecular weight excluding hydrogens is 407 g/mol. The van der Waals surface area contributed by atoms with Gasteiger partial charge in [-0.05, 0) is 50.5 Å². The molecule has 1 amide bonds. The molecule has 1 N–H and O–H groups in total. The Balaban J connectivity index is 1.61. The molecule has 2 aromatic carbocycles. The number of amides is 1. The van der Waals surface area contributed by atoms with Crippen LogP contribution in [0.3, 0.4) is 0 Å². The minimum absolute atomic E-state index is 0.100. The molecule has 0 radical (unpaired) electrons. The predicted molar refractivity (Wildman–Crippen MR) is 123 cm³/mol. The summed E-state index contributed by atoms with van der Waals surface area (Å²) in [5, 5.41) is 7.25. The third kappa shape index (κ3) is 3.93. The van der Waals surface area contributed by atoms with Crippen LogP contribution in [0.1, 0.15) is 28.8 Å². The summed E-state index contributed by atoms with van der Waals surface area (Å²) < 4.78 is 17.0. The highest BCUT2D eigenvalue weighted by molar-refractivity contribution is 5.90. The number of nitrogens with zero attached hydrogens (tertiary/aromatic N) is 3. The third-order valence-electron chi connectivity index (χ3n) is 5.90. The van der Waals surface area contributed by atoms with E-state index in [-0.39, 0.29) is 30.1 Å². The normalized spacial score (nSPS) is 11.2. The summed E-state index contributed by atoms with van der Waals surface area (Å²) in [4.78, 5) is 25.6. The van der Waals surface area contributed by atoms with Crippen molar-refractivity contribution in [3.05, 3.63) is 87.1 Å². The molecule has 2 heterocycles. The Morgan fingerprint density at radius 3 is 2.53 bits per heavy atom. The van der Waals surface area contributed by atoms with E-state index in [4.69, 9.17) is 0 Å². The lowest BCUT2D eigenvalue weighted by Gasteiger charge is -2.12. The summed E-state index contributed by atoms with van der Waals surface area (Å²) in [6, 6.07) is 14.4. The number of anilines is 1. The van der Waals surface area contributed by atoms with Crippen molar-refractivity contribution >= 4 is 17.2 Å². The summed E-state index contributed by atoms with van der Waals surface area (Å²) in [5.74, 6) is -0.656. The van der Waals surface area contributed by atoms with Crippen LogP contribution in [-0.2, 0) is 18.3 Å². The largest absolute Gasteiger partial charge is 0.333 e. The first kappa shape index (κ1) is 21.5. The molecule has 4 aromatic rings. The predicted octanol–water partition coefficient (Wildman–Crippen LogP) is 4.34. The van der Waals surface area contributed by atoms with Crippen molar-refractivity contribution in [1.29, 1.82) is 0 Å². The minimum Gasteiger partial charge on any atom is -0.333 e. The van der Waals surface area contributed by atoms with Crippen molar-refractivity contribution < 1.29 is 9.18 Å². The first-order chi connectivity index (χ1) is 15.3. The zero-order valence-corrected chi connectivity index (χ0v) is 18.6. The van der Waals surface area contributed by atoms with Gasteiger partial charge in [-0.1, -0.05) is 30.3 Å². The number of aromatic nitrogens is 3. The molecule has 0 fully saturated rings. The van der Waals surface area contributed by atoms with Crippen LogP contribution in [0.15, 0.2) is 53.3 Å². The highest BCUT2D eigenvalue weighted by Crippen LogP contribution is 2.23. The zero-order valence-electron chi connectivity index (χ0n) is 18.6. The van der Waals surface area contributed by atoms with E-state index in [1.165, 1.54) is 10.6 Å². The molecule has 0 unspecified atom stereocenters. The van der Waals surface area contributed by atoms with Crippen molar-refractivity contribution in [2.45, 2.75) is 33.6 Å². The highest BCUT2D eigenvalue weighted by Gasteiger charge is 2.17. The number of hydrogen-bond acceptors (Lipinski definition) is 3. The SMILES string of the molecule is Cc1ccc(NC(=O)CCc2c(C)n(C)c3cc(-c4ccccc4C)nn3c2=O)cc1F. The van der Waals surface area contributed by atoms with E-state index in [2.05, 4.69) is 10.4 Å². The van der Waals surface area contributed by atoms with Crippen LogP contribution in [0.2, 0.25) is 0 Å². The van der Waals surface area contributed by atoms with E-state index >= 15 is 0 Å². The molecule has 0 saturated carbocycles. The van der Waals surface area contributed by atoms with E-state index in [0.717, 1.165) is 22.5 Å². The Labute approximate surface area is 185 Å². The maximum atomic E-state index is 13.7. The van der Waals surface area contributed by atoms with Gasteiger partial charge in [0.25, 0.3) is 5.56 Å². The number of rotatable bonds is 5. The Kier molecular flexibility index (Phi) is 5.65. The van der Waals surface area contributed by atoms with Gasteiger partial charge in [-0.25, -0.2) is 4.39 Å². The molecule has 4 rings (SSSR count). The summed E-state index contributed by atoms with van der Waals surface area (Å²) in [6.07, 6.45) is 0.358. The number of nitrogens with one attached hydrogen (secondary N) is 1. The van der Waals surface area contributed by atoms with Crippen molar-refractivity contribution in [3.8, 4) is 11.3 Å². The van der Waals surface area contributed by atoms with Gasteiger partial charge >= 0.3 is 0 Å². The molecule has 0 atom stereocenters. The Bertz CT molecular complexity index is 1400. The molecule has 32 heavy (non-hydrogen) atoms. The lowest BCUT2D eigenvalue weighted by Crippen LogP contribution is -2.26. The number of aryl methyl sites for hydroxylation is 3.